The van der Waals surface area contributed by atoms with Crippen LogP contribution in [0.1, 0.15) is 0 Å². The van der Waals surface area contributed by atoms with Crippen molar-refractivity contribution < 1.29 is 0 Å². The molecule has 0 aliphatic rings. The van der Waals surface area contributed by atoms with E-state index in [-0.39, 0.29) is 0 Å². The van der Waals surface area contributed by atoms with Crippen molar-refractivity contribution in [2.45, 2.75) is 0 Å². The van der Waals surface area contributed by atoms with Crippen molar-refractivity contribution >= 4 is 54.1 Å². The van der Waals surface area contributed by atoms with Gasteiger partial charge in [0.05, 0.1) is 11.0 Å². The number of aromatic nitrogens is 4. The molecule has 0 spiro atoms. The van der Waals surface area contributed by atoms with E-state index in [4.69, 9.17) is 15.0 Å². The molecule has 0 fully saturated rings. The van der Waals surface area contributed by atoms with Crippen LogP contribution in [0.15, 0.2) is 194 Å². The minimum atomic E-state index is 0.647. The molecule has 2 heterocycles. The maximum Gasteiger partial charge on any atom is 0.164 e. The Kier molecular flexibility index (Phi) is 7.14. The summed E-state index contributed by atoms with van der Waals surface area (Å²) >= 11 is 0. The lowest BCUT2D eigenvalue weighted by Gasteiger charge is -2.13. The average molecular weight is 701 g/mol. The number of hydrogen-bond donors (Lipinski definition) is 0. The van der Waals surface area contributed by atoms with E-state index in [0.29, 0.717) is 17.5 Å². The van der Waals surface area contributed by atoms with Crippen LogP contribution >= 0.6 is 0 Å². The van der Waals surface area contributed by atoms with Gasteiger partial charge in [-0.05, 0) is 62.3 Å². The van der Waals surface area contributed by atoms with E-state index in [0.717, 1.165) is 33.5 Å². The predicted molar refractivity (Wildman–Crippen MR) is 228 cm³/mol. The van der Waals surface area contributed by atoms with Crippen molar-refractivity contribution in [2.75, 3.05) is 0 Å². The van der Waals surface area contributed by atoms with Gasteiger partial charge in [0.15, 0.2) is 17.5 Å². The molecule has 0 bridgehead atoms. The lowest BCUT2D eigenvalue weighted by Crippen LogP contribution is -2.00. The monoisotopic (exact) mass is 700 g/mol. The second kappa shape index (κ2) is 12.6. The maximum atomic E-state index is 4.92. The van der Waals surface area contributed by atoms with Crippen LogP contribution in [0.25, 0.3) is 105 Å². The van der Waals surface area contributed by atoms with Crippen LogP contribution in [-0.2, 0) is 0 Å². The minimum Gasteiger partial charge on any atom is -0.309 e. The fourth-order valence-electron chi connectivity index (χ4n) is 8.28. The van der Waals surface area contributed by atoms with E-state index in [1.807, 2.05) is 60.7 Å². The lowest BCUT2D eigenvalue weighted by molar-refractivity contribution is 1.07. The van der Waals surface area contributed by atoms with Gasteiger partial charge in [-0.1, -0.05) is 170 Å². The number of fused-ring (bicyclic) bond motifs is 10. The van der Waals surface area contributed by atoms with Gasteiger partial charge in [-0.15, -0.1) is 0 Å². The van der Waals surface area contributed by atoms with Crippen molar-refractivity contribution in [1.29, 1.82) is 0 Å². The number of hydrogen-bond acceptors (Lipinski definition) is 3. The van der Waals surface area contributed by atoms with Gasteiger partial charge in [0, 0.05) is 38.5 Å². The summed E-state index contributed by atoms with van der Waals surface area (Å²) in [5.74, 6) is 1.96. The number of nitrogens with zero attached hydrogens (tertiary/aromatic N) is 4. The molecule has 2 aromatic heterocycles. The molecule has 0 aliphatic heterocycles. The summed E-state index contributed by atoms with van der Waals surface area (Å²) in [6.07, 6.45) is 0. The zero-order chi connectivity index (χ0) is 36.3. The maximum absolute atomic E-state index is 4.92. The van der Waals surface area contributed by atoms with E-state index >= 15 is 0 Å². The zero-order valence-electron chi connectivity index (χ0n) is 29.8. The fourth-order valence-corrected chi connectivity index (χ4v) is 8.28. The van der Waals surface area contributed by atoms with Gasteiger partial charge >= 0.3 is 0 Å². The Morgan fingerprint density at radius 2 is 0.655 bits per heavy atom. The molecular weight excluding hydrogens is 669 g/mol. The van der Waals surface area contributed by atoms with Gasteiger partial charge in [-0.3, -0.25) is 0 Å². The first-order chi connectivity index (χ1) is 27.3. The molecule has 0 unspecified atom stereocenters. The molecule has 4 heteroatoms. The third kappa shape index (κ3) is 5.11. The van der Waals surface area contributed by atoms with Gasteiger partial charge in [-0.2, -0.15) is 0 Å². The molecule has 0 saturated carbocycles. The van der Waals surface area contributed by atoms with Crippen molar-refractivity contribution in [2.24, 2.45) is 0 Å². The van der Waals surface area contributed by atoms with E-state index in [1.165, 1.54) is 54.1 Å². The molecule has 0 atom stereocenters. The Morgan fingerprint density at radius 1 is 0.255 bits per heavy atom. The molecule has 0 N–H and O–H groups in total. The number of para-hydroxylation sites is 1. The van der Waals surface area contributed by atoms with Crippen LogP contribution in [0, 0.1) is 0 Å². The summed E-state index contributed by atoms with van der Waals surface area (Å²) in [6.45, 7) is 0. The standard InChI is InChI=1S/C51H32N4/c1-3-13-35(14-4-1)49-52-50(36-15-5-2-6-16-36)54-51(53-49)37-25-23-33(24-26-37)34-27-29-38(30-28-34)55-45-22-12-11-21-44(45)48-46(55)32-31-43-41-19-8-7-17-39(41)40-18-9-10-20-42(40)47(43)48/h1-32H. The summed E-state index contributed by atoms with van der Waals surface area (Å²) < 4.78 is 2.41. The molecule has 4 nitrogen and oxygen atoms in total. The highest BCUT2D eigenvalue weighted by molar-refractivity contribution is 6.35. The normalized spacial score (nSPS) is 11.6. The Bertz CT molecular complexity index is 3130. The zero-order valence-corrected chi connectivity index (χ0v) is 29.8. The van der Waals surface area contributed by atoms with Crippen LogP contribution < -0.4 is 0 Å². The molecule has 0 saturated heterocycles. The van der Waals surface area contributed by atoms with Gasteiger partial charge in [0.25, 0.3) is 0 Å². The van der Waals surface area contributed by atoms with Crippen molar-refractivity contribution in [1.82, 2.24) is 19.5 Å². The van der Waals surface area contributed by atoms with E-state index < -0.39 is 0 Å². The first kappa shape index (κ1) is 31.1. The first-order valence-electron chi connectivity index (χ1n) is 18.6. The van der Waals surface area contributed by atoms with Crippen LogP contribution in [0.3, 0.4) is 0 Å². The van der Waals surface area contributed by atoms with Crippen molar-refractivity contribution in [3.05, 3.63) is 194 Å². The highest BCUT2D eigenvalue weighted by atomic mass is 15.0. The van der Waals surface area contributed by atoms with E-state index in [1.54, 1.807) is 0 Å². The third-order valence-electron chi connectivity index (χ3n) is 10.8. The molecule has 0 aliphatic carbocycles. The fraction of sp³-hybridized carbons (Fsp3) is 0. The summed E-state index contributed by atoms with van der Waals surface area (Å²) in [5.41, 5.74) is 8.65. The smallest absolute Gasteiger partial charge is 0.164 e. The quantitative estimate of drug-likeness (QED) is 0.168. The predicted octanol–water partition coefficient (Wildman–Crippen LogP) is 13.1. The molecule has 11 aromatic rings. The van der Waals surface area contributed by atoms with Gasteiger partial charge < -0.3 is 4.57 Å². The van der Waals surface area contributed by atoms with Crippen molar-refractivity contribution in [3.63, 3.8) is 0 Å². The minimum absolute atomic E-state index is 0.647. The van der Waals surface area contributed by atoms with Gasteiger partial charge in [0.1, 0.15) is 0 Å². The second-order valence-electron chi connectivity index (χ2n) is 14.0. The summed E-state index contributed by atoms with van der Waals surface area (Å²) in [5, 5.41) is 10.3. The van der Waals surface area contributed by atoms with Gasteiger partial charge in [-0.25, -0.2) is 15.0 Å². The van der Waals surface area contributed by atoms with Crippen LogP contribution in [0.2, 0.25) is 0 Å². The first-order valence-corrected chi connectivity index (χ1v) is 18.6. The number of benzene rings is 9. The molecule has 55 heavy (non-hydrogen) atoms. The van der Waals surface area contributed by atoms with Crippen LogP contribution in [0.4, 0.5) is 0 Å². The molecule has 0 amide bonds. The van der Waals surface area contributed by atoms with Crippen LogP contribution in [0.5, 0.6) is 0 Å². The number of rotatable bonds is 5. The molecular formula is C51H32N4. The summed E-state index contributed by atoms with van der Waals surface area (Å²) in [7, 11) is 0. The molecule has 11 rings (SSSR count). The average Bonchev–Trinajstić information content (AvgIpc) is 3.61. The Balaban J connectivity index is 1.00. The van der Waals surface area contributed by atoms with Crippen molar-refractivity contribution in [3.8, 4) is 51.0 Å². The highest BCUT2D eigenvalue weighted by Crippen LogP contribution is 2.43. The Labute approximate surface area is 317 Å². The largest absolute Gasteiger partial charge is 0.309 e. The lowest BCUT2D eigenvalue weighted by atomic mass is 9.92. The summed E-state index contributed by atoms with van der Waals surface area (Å²) in [4.78, 5) is 14.7. The molecule has 0 radical (unpaired) electrons. The topological polar surface area (TPSA) is 43.6 Å². The molecule has 256 valence electrons. The highest BCUT2D eigenvalue weighted by Gasteiger charge is 2.18. The summed E-state index contributed by atoms with van der Waals surface area (Å²) in [6, 6.07) is 68.7. The third-order valence-corrected chi connectivity index (χ3v) is 10.8. The SMILES string of the molecule is c1ccc(-c2nc(-c3ccccc3)nc(-c3ccc(-c4ccc(-n5c6ccccc6c6c7c8ccccc8c8ccccc8c7ccc65)cc4)cc3)n2)cc1. The second-order valence-corrected chi connectivity index (χ2v) is 14.0. The van der Waals surface area contributed by atoms with Crippen LogP contribution in [-0.4, -0.2) is 19.5 Å². The molecule has 9 aromatic carbocycles. The van der Waals surface area contributed by atoms with E-state index in [2.05, 4.69) is 138 Å². The van der Waals surface area contributed by atoms with E-state index in [9.17, 15) is 0 Å². The Hall–Kier alpha value is -7.43. The Morgan fingerprint density at radius 3 is 1.22 bits per heavy atom. The van der Waals surface area contributed by atoms with Gasteiger partial charge in [0.2, 0.25) is 0 Å².